The summed E-state index contributed by atoms with van der Waals surface area (Å²) >= 11 is 0. The third-order valence-corrected chi connectivity index (χ3v) is 4.48. The van der Waals surface area contributed by atoms with Gasteiger partial charge in [-0.15, -0.1) is 0 Å². The number of nitrogens with one attached hydrogen (secondary N) is 2. The number of para-hydroxylation sites is 1. The van der Waals surface area contributed by atoms with Crippen molar-refractivity contribution in [2.24, 2.45) is 0 Å². The number of carbonyl (C=O) groups is 2. The van der Waals surface area contributed by atoms with Crippen molar-refractivity contribution >= 4 is 17.5 Å². The fraction of sp³-hybridized carbons (Fsp3) is 0.400. The number of nitrogens with zero attached hydrogens (tertiary/aromatic N) is 1. The summed E-state index contributed by atoms with van der Waals surface area (Å²) in [6.07, 6.45) is 7.09. The summed E-state index contributed by atoms with van der Waals surface area (Å²) in [5.41, 5.74) is 3.06. The van der Waals surface area contributed by atoms with Crippen LogP contribution in [0.2, 0.25) is 0 Å². The van der Waals surface area contributed by atoms with Crippen LogP contribution in [-0.2, 0) is 9.59 Å². The van der Waals surface area contributed by atoms with Crippen molar-refractivity contribution in [1.82, 2.24) is 4.90 Å². The van der Waals surface area contributed by atoms with Crippen LogP contribution in [0.1, 0.15) is 18.1 Å². The number of benzene rings is 1. The molecule has 1 aliphatic rings. The van der Waals surface area contributed by atoms with Gasteiger partial charge in [0.1, 0.15) is 0 Å². The normalized spacial score (nSPS) is 15.9. The summed E-state index contributed by atoms with van der Waals surface area (Å²) < 4.78 is 0. The molecule has 25 heavy (non-hydrogen) atoms. The fourth-order valence-electron chi connectivity index (χ4n) is 3.00. The van der Waals surface area contributed by atoms with E-state index in [-0.39, 0.29) is 11.8 Å². The van der Waals surface area contributed by atoms with Crippen LogP contribution < -0.4 is 10.2 Å². The van der Waals surface area contributed by atoms with Crippen molar-refractivity contribution in [3.8, 4) is 0 Å². The highest BCUT2D eigenvalue weighted by Crippen LogP contribution is 2.18. The SMILES string of the molecule is C/C=C/C=C/C(=O)N1CC[NH+](CC(=O)Nc2c(C)cccc2C)CC1. The number of allylic oxidation sites excluding steroid dienone is 3. The van der Waals surface area contributed by atoms with Crippen LogP contribution in [0, 0.1) is 13.8 Å². The van der Waals surface area contributed by atoms with Gasteiger partial charge >= 0.3 is 0 Å². The first kappa shape index (κ1) is 18.9. The first-order chi connectivity index (χ1) is 12.0. The van der Waals surface area contributed by atoms with Gasteiger partial charge < -0.3 is 15.1 Å². The maximum atomic E-state index is 12.3. The van der Waals surface area contributed by atoms with Gasteiger partial charge in [0.15, 0.2) is 6.54 Å². The molecule has 1 saturated heterocycles. The van der Waals surface area contributed by atoms with Gasteiger partial charge in [0, 0.05) is 11.8 Å². The molecule has 1 aromatic rings. The highest BCUT2D eigenvalue weighted by atomic mass is 16.2. The zero-order chi connectivity index (χ0) is 18.2. The Balaban J connectivity index is 1.81. The monoisotopic (exact) mass is 342 g/mol. The third kappa shape index (κ3) is 5.57. The molecule has 2 N–H and O–H groups in total. The van der Waals surface area contributed by atoms with E-state index in [9.17, 15) is 9.59 Å². The highest BCUT2D eigenvalue weighted by Gasteiger charge is 2.24. The zero-order valence-corrected chi connectivity index (χ0v) is 15.3. The van der Waals surface area contributed by atoms with Crippen LogP contribution in [0.3, 0.4) is 0 Å². The molecule has 5 heteroatoms. The van der Waals surface area contributed by atoms with E-state index in [0.717, 1.165) is 29.9 Å². The van der Waals surface area contributed by atoms with Crippen LogP contribution in [0.15, 0.2) is 42.5 Å². The molecule has 0 aromatic heterocycles. The molecule has 0 saturated carbocycles. The molecule has 1 heterocycles. The molecule has 0 aliphatic carbocycles. The van der Waals surface area contributed by atoms with Gasteiger partial charge in [0.25, 0.3) is 5.91 Å². The zero-order valence-electron chi connectivity index (χ0n) is 15.3. The van der Waals surface area contributed by atoms with Crippen LogP contribution in [0.5, 0.6) is 0 Å². The van der Waals surface area contributed by atoms with Crippen molar-refractivity contribution in [3.63, 3.8) is 0 Å². The molecule has 0 radical (unpaired) electrons. The third-order valence-electron chi connectivity index (χ3n) is 4.48. The largest absolute Gasteiger partial charge is 0.328 e. The van der Waals surface area contributed by atoms with Crippen molar-refractivity contribution in [3.05, 3.63) is 53.6 Å². The Morgan fingerprint density at radius 3 is 2.40 bits per heavy atom. The predicted octanol–water partition coefficient (Wildman–Crippen LogP) is 1.10. The van der Waals surface area contributed by atoms with Crippen LogP contribution in [-0.4, -0.2) is 49.4 Å². The molecule has 1 aliphatic heterocycles. The molecule has 2 rings (SSSR count). The number of quaternary nitrogens is 1. The standard InChI is InChI=1S/C20H27N3O2/c1-4-5-6-10-19(25)23-13-11-22(12-14-23)15-18(24)21-20-16(2)8-7-9-17(20)3/h4-10H,11-15H2,1-3H3,(H,21,24)/p+1/b5-4+,10-6+. The van der Waals surface area contributed by atoms with Crippen molar-refractivity contribution in [2.75, 3.05) is 38.0 Å². The average Bonchev–Trinajstić information content (AvgIpc) is 2.59. The van der Waals surface area contributed by atoms with E-state index in [1.54, 1.807) is 12.2 Å². The van der Waals surface area contributed by atoms with Gasteiger partial charge in [-0.2, -0.15) is 0 Å². The van der Waals surface area contributed by atoms with Crippen LogP contribution in [0.25, 0.3) is 0 Å². The molecule has 0 spiro atoms. The second-order valence-corrected chi connectivity index (χ2v) is 6.45. The first-order valence-electron chi connectivity index (χ1n) is 8.79. The number of hydrogen-bond acceptors (Lipinski definition) is 2. The summed E-state index contributed by atoms with van der Waals surface area (Å²) in [5, 5.41) is 3.04. The fourth-order valence-corrected chi connectivity index (χ4v) is 3.00. The lowest BCUT2D eigenvalue weighted by molar-refractivity contribution is -0.895. The summed E-state index contributed by atoms with van der Waals surface area (Å²) in [5.74, 6) is 0.0669. The van der Waals surface area contributed by atoms with E-state index >= 15 is 0 Å². The highest BCUT2D eigenvalue weighted by molar-refractivity contribution is 5.93. The molecular weight excluding hydrogens is 314 g/mol. The lowest BCUT2D eigenvalue weighted by Gasteiger charge is -2.31. The van der Waals surface area contributed by atoms with E-state index in [2.05, 4.69) is 5.32 Å². The Morgan fingerprint density at radius 1 is 1.16 bits per heavy atom. The number of aryl methyl sites for hydroxylation is 2. The Bertz CT molecular complexity index is 651. The smallest absolute Gasteiger partial charge is 0.279 e. The molecular formula is C20H28N3O2+. The summed E-state index contributed by atoms with van der Waals surface area (Å²) in [7, 11) is 0. The predicted molar refractivity (Wildman–Crippen MR) is 101 cm³/mol. The van der Waals surface area contributed by atoms with Gasteiger partial charge in [-0.25, -0.2) is 0 Å². The van der Waals surface area contributed by atoms with Crippen molar-refractivity contribution < 1.29 is 14.5 Å². The van der Waals surface area contributed by atoms with Crippen molar-refractivity contribution in [1.29, 1.82) is 0 Å². The Kier molecular flexibility index (Phi) is 6.95. The van der Waals surface area contributed by atoms with Gasteiger partial charge in [0.2, 0.25) is 5.91 Å². The molecule has 0 atom stereocenters. The lowest BCUT2D eigenvalue weighted by atomic mass is 10.1. The van der Waals surface area contributed by atoms with Crippen molar-refractivity contribution in [2.45, 2.75) is 20.8 Å². The first-order valence-corrected chi connectivity index (χ1v) is 8.79. The number of rotatable bonds is 5. The number of anilines is 1. The average molecular weight is 342 g/mol. The number of amides is 2. The second-order valence-electron chi connectivity index (χ2n) is 6.45. The minimum absolute atomic E-state index is 0.0279. The molecule has 5 nitrogen and oxygen atoms in total. The summed E-state index contributed by atoms with van der Waals surface area (Å²) in [6, 6.07) is 5.99. The van der Waals surface area contributed by atoms with E-state index in [0.29, 0.717) is 19.6 Å². The Morgan fingerprint density at radius 2 is 1.80 bits per heavy atom. The van der Waals surface area contributed by atoms with Crippen LogP contribution in [0.4, 0.5) is 5.69 Å². The second kappa shape index (κ2) is 9.18. The molecule has 1 fully saturated rings. The van der Waals surface area contributed by atoms with Gasteiger partial charge in [0.05, 0.1) is 26.2 Å². The number of piperazine rings is 1. The molecule has 134 valence electrons. The van der Waals surface area contributed by atoms with Gasteiger partial charge in [-0.05, 0) is 31.9 Å². The maximum Gasteiger partial charge on any atom is 0.279 e. The Hall–Kier alpha value is -2.40. The minimum atomic E-state index is 0.0279. The van der Waals surface area contributed by atoms with E-state index in [1.807, 2.05) is 56.0 Å². The number of hydrogen-bond donors (Lipinski definition) is 2. The molecule has 0 bridgehead atoms. The van der Waals surface area contributed by atoms with Crippen LogP contribution >= 0.6 is 0 Å². The quantitative estimate of drug-likeness (QED) is 0.622. The maximum absolute atomic E-state index is 12.3. The topological polar surface area (TPSA) is 53.9 Å². The summed E-state index contributed by atoms with van der Waals surface area (Å²) in [6.45, 7) is 9.32. The lowest BCUT2D eigenvalue weighted by Crippen LogP contribution is -3.15. The summed E-state index contributed by atoms with van der Waals surface area (Å²) in [4.78, 5) is 27.4. The Labute approximate surface area is 150 Å². The molecule has 2 amide bonds. The molecule has 1 aromatic carbocycles. The van der Waals surface area contributed by atoms with Gasteiger partial charge in [-0.1, -0.05) is 36.4 Å². The molecule has 0 unspecified atom stereocenters. The van der Waals surface area contributed by atoms with E-state index in [1.165, 1.54) is 4.90 Å². The van der Waals surface area contributed by atoms with E-state index < -0.39 is 0 Å². The minimum Gasteiger partial charge on any atom is -0.328 e. The van der Waals surface area contributed by atoms with E-state index in [4.69, 9.17) is 0 Å². The van der Waals surface area contributed by atoms with Gasteiger partial charge in [-0.3, -0.25) is 9.59 Å². The number of carbonyl (C=O) groups excluding carboxylic acids is 2.